The number of hydrogen-bond donors (Lipinski definition) is 1. The fourth-order valence-electron chi connectivity index (χ4n) is 1.98. The van der Waals surface area contributed by atoms with Gasteiger partial charge >= 0.3 is 5.97 Å². The molecule has 0 aliphatic carbocycles. The number of benzene rings is 2. The van der Waals surface area contributed by atoms with Crippen molar-refractivity contribution >= 4 is 35.1 Å². The first-order valence-corrected chi connectivity index (χ1v) is 7.70. The number of esters is 1. The van der Waals surface area contributed by atoms with Crippen LogP contribution in [0.2, 0.25) is 10.0 Å². The second kappa shape index (κ2) is 7.99. The molecule has 23 heavy (non-hydrogen) atoms. The van der Waals surface area contributed by atoms with Crippen molar-refractivity contribution in [3.05, 3.63) is 69.7 Å². The molecule has 1 N–H and O–H groups in total. The Balaban J connectivity index is 1.89. The van der Waals surface area contributed by atoms with Gasteiger partial charge in [-0.15, -0.1) is 0 Å². The largest absolute Gasteiger partial charge is 0.452 e. The Morgan fingerprint density at radius 3 is 2.48 bits per heavy atom. The standard InChI is InChI=1S/C17H15Cl2NO3/c1-11(12-6-3-2-4-7-12)20-15(21)10-23-17(22)13-8-5-9-14(18)16(13)19/h2-9,11H,10H2,1H3,(H,20,21)/t11-/m0/s1. The van der Waals surface area contributed by atoms with E-state index in [9.17, 15) is 9.59 Å². The minimum absolute atomic E-state index is 0.109. The quantitative estimate of drug-likeness (QED) is 0.827. The van der Waals surface area contributed by atoms with Crippen LogP contribution in [0.15, 0.2) is 48.5 Å². The lowest BCUT2D eigenvalue weighted by atomic mass is 10.1. The summed E-state index contributed by atoms with van der Waals surface area (Å²) in [6, 6.07) is 13.9. The van der Waals surface area contributed by atoms with Crippen molar-refractivity contribution in [1.29, 1.82) is 0 Å². The van der Waals surface area contributed by atoms with E-state index in [-0.39, 0.29) is 21.7 Å². The number of amides is 1. The van der Waals surface area contributed by atoms with Gasteiger partial charge in [-0.25, -0.2) is 4.79 Å². The number of rotatable bonds is 5. The maximum Gasteiger partial charge on any atom is 0.340 e. The van der Waals surface area contributed by atoms with Gasteiger partial charge in [0.05, 0.1) is 21.7 Å². The Morgan fingerprint density at radius 2 is 1.78 bits per heavy atom. The van der Waals surface area contributed by atoms with Gasteiger partial charge in [0.15, 0.2) is 6.61 Å². The highest BCUT2D eigenvalue weighted by Crippen LogP contribution is 2.25. The summed E-state index contributed by atoms with van der Waals surface area (Å²) in [6.45, 7) is 1.46. The van der Waals surface area contributed by atoms with E-state index in [1.807, 2.05) is 37.3 Å². The van der Waals surface area contributed by atoms with E-state index in [1.54, 1.807) is 12.1 Å². The zero-order chi connectivity index (χ0) is 16.8. The summed E-state index contributed by atoms with van der Waals surface area (Å²) in [7, 11) is 0. The Kier molecular flexibility index (Phi) is 6.02. The van der Waals surface area contributed by atoms with Crippen LogP contribution >= 0.6 is 23.2 Å². The summed E-state index contributed by atoms with van der Waals surface area (Å²) in [6.07, 6.45) is 0. The van der Waals surface area contributed by atoms with Gasteiger partial charge in [-0.3, -0.25) is 4.79 Å². The van der Waals surface area contributed by atoms with Gasteiger partial charge in [-0.05, 0) is 24.6 Å². The van der Waals surface area contributed by atoms with Crippen molar-refractivity contribution in [2.24, 2.45) is 0 Å². The Bertz CT molecular complexity index is 704. The van der Waals surface area contributed by atoms with E-state index in [0.29, 0.717) is 0 Å². The van der Waals surface area contributed by atoms with E-state index in [0.717, 1.165) is 5.56 Å². The molecule has 0 aliphatic heterocycles. The highest BCUT2D eigenvalue weighted by atomic mass is 35.5. The van der Waals surface area contributed by atoms with E-state index in [1.165, 1.54) is 6.07 Å². The summed E-state index contributed by atoms with van der Waals surface area (Å²) in [5, 5.41) is 3.12. The zero-order valence-corrected chi connectivity index (χ0v) is 13.9. The molecule has 6 heteroatoms. The van der Waals surface area contributed by atoms with Crippen molar-refractivity contribution in [1.82, 2.24) is 5.32 Å². The number of hydrogen-bond acceptors (Lipinski definition) is 3. The van der Waals surface area contributed by atoms with Gasteiger partial charge in [0.2, 0.25) is 0 Å². The molecule has 0 saturated heterocycles. The van der Waals surface area contributed by atoms with Crippen LogP contribution in [-0.4, -0.2) is 18.5 Å². The van der Waals surface area contributed by atoms with Crippen molar-refractivity contribution in [2.75, 3.05) is 6.61 Å². The molecule has 1 atom stereocenters. The minimum Gasteiger partial charge on any atom is -0.452 e. The molecule has 2 rings (SSSR count). The highest BCUT2D eigenvalue weighted by Gasteiger charge is 2.16. The SMILES string of the molecule is C[C@H](NC(=O)COC(=O)c1cccc(Cl)c1Cl)c1ccccc1. The first kappa shape index (κ1) is 17.3. The van der Waals surface area contributed by atoms with Crippen LogP contribution in [0.5, 0.6) is 0 Å². The number of carbonyl (C=O) groups is 2. The number of ether oxygens (including phenoxy) is 1. The van der Waals surface area contributed by atoms with E-state index in [2.05, 4.69) is 5.32 Å². The second-order valence-electron chi connectivity index (χ2n) is 4.88. The molecule has 0 spiro atoms. The highest BCUT2D eigenvalue weighted by molar-refractivity contribution is 6.43. The second-order valence-corrected chi connectivity index (χ2v) is 5.66. The third-order valence-corrected chi connectivity index (χ3v) is 4.00. The first-order valence-electron chi connectivity index (χ1n) is 6.94. The smallest absolute Gasteiger partial charge is 0.340 e. The number of nitrogens with one attached hydrogen (secondary N) is 1. The monoisotopic (exact) mass is 351 g/mol. The van der Waals surface area contributed by atoms with Crippen LogP contribution < -0.4 is 5.32 Å². The number of carbonyl (C=O) groups excluding carboxylic acids is 2. The topological polar surface area (TPSA) is 55.4 Å². The molecule has 0 fully saturated rings. The fourth-order valence-corrected chi connectivity index (χ4v) is 2.36. The summed E-state index contributed by atoms with van der Waals surface area (Å²) >= 11 is 11.8. The van der Waals surface area contributed by atoms with Gasteiger partial charge in [0.1, 0.15) is 0 Å². The van der Waals surface area contributed by atoms with Gasteiger partial charge in [-0.2, -0.15) is 0 Å². The van der Waals surface area contributed by atoms with Crippen molar-refractivity contribution in [2.45, 2.75) is 13.0 Å². The summed E-state index contributed by atoms with van der Waals surface area (Å²) < 4.78 is 4.97. The molecule has 2 aromatic rings. The molecule has 4 nitrogen and oxygen atoms in total. The zero-order valence-electron chi connectivity index (χ0n) is 12.4. The molecular formula is C17H15Cl2NO3. The number of halogens is 2. The van der Waals surface area contributed by atoms with Crippen LogP contribution in [0.3, 0.4) is 0 Å². The van der Waals surface area contributed by atoms with E-state index < -0.39 is 18.5 Å². The van der Waals surface area contributed by atoms with Gasteiger partial charge in [0, 0.05) is 0 Å². The molecule has 0 radical (unpaired) electrons. The third kappa shape index (κ3) is 4.71. The summed E-state index contributed by atoms with van der Waals surface area (Å²) in [5.74, 6) is -1.09. The first-order chi connectivity index (χ1) is 11.0. The molecule has 0 heterocycles. The molecule has 0 unspecified atom stereocenters. The fraction of sp³-hybridized carbons (Fsp3) is 0.176. The lowest BCUT2D eigenvalue weighted by Gasteiger charge is -2.14. The molecule has 2 aromatic carbocycles. The average molecular weight is 352 g/mol. The molecule has 0 aromatic heterocycles. The Hall–Kier alpha value is -2.04. The van der Waals surface area contributed by atoms with E-state index in [4.69, 9.17) is 27.9 Å². The summed E-state index contributed by atoms with van der Waals surface area (Å²) in [4.78, 5) is 23.8. The molecule has 0 bridgehead atoms. The maximum atomic E-state index is 11.9. The van der Waals surface area contributed by atoms with Crippen LogP contribution in [-0.2, 0) is 9.53 Å². The van der Waals surface area contributed by atoms with Crippen LogP contribution in [0.4, 0.5) is 0 Å². The Labute approximate surface area is 144 Å². The maximum absolute atomic E-state index is 11.9. The summed E-state index contributed by atoms with van der Waals surface area (Å²) in [5.41, 5.74) is 1.09. The molecule has 120 valence electrons. The predicted octanol–water partition coefficient (Wildman–Crippen LogP) is 4.03. The lowest BCUT2D eigenvalue weighted by molar-refractivity contribution is -0.124. The van der Waals surface area contributed by atoms with Gasteiger partial charge in [0.25, 0.3) is 5.91 Å². The molecule has 0 saturated carbocycles. The van der Waals surface area contributed by atoms with Crippen molar-refractivity contribution in [3.8, 4) is 0 Å². The van der Waals surface area contributed by atoms with Crippen molar-refractivity contribution < 1.29 is 14.3 Å². The average Bonchev–Trinajstić information content (AvgIpc) is 2.56. The lowest BCUT2D eigenvalue weighted by Crippen LogP contribution is -2.31. The minimum atomic E-state index is -0.694. The molecular weight excluding hydrogens is 337 g/mol. The van der Waals surface area contributed by atoms with Crippen LogP contribution in [0, 0.1) is 0 Å². The molecule has 0 aliphatic rings. The van der Waals surface area contributed by atoms with E-state index >= 15 is 0 Å². The molecule has 1 amide bonds. The Morgan fingerprint density at radius 1 is 1.09 bits per heavy atom. The van der Waals surface area contributed by atoms with Crippen LogP contribution in [0.25, 0.3) is 0 Å². The van der Waals surface area contributed by atoms with Gasteiger partial charge in [-0.1, -0.05) is 59.6 Å². The predicted molar refractivity (Wildman–Crippen MR) is 89.7 cm³/mol. The third-order valence-electron chi connectivity index (χ3n) is 3.18. The van der Waals surface area contributed by atoms with Crippen LogP contribution in [0.1, 0.15) is 28.9 Å². The normalized spacial score (nSPS) is 11.6. The van der Waals surface area contributed by atoms with Gasteiger partial charge < -0.3 is 10.1 Å². The van der Waals surface area contributed by atoms with Crippen molar-refractivity contribution in [3.63, 3.8) is 0 Å².